The molecule has 3 rings (SSSR count). The highest BCUT2D eigenvalue weighted by Crippen LogP contribution is 2.39. The molecule has 0 radical (unpaired) electrons. The van der Waals surface area contributed by atoms with Gasteiger partial charge in [0.1, 0.15) is 0 Å². The molecule has 1 aliphatic rings. The number of nitrogens with one attached hydrogen (secondary N) is 2. The van der Waals surface area contributed by atoms with Gasteiger partial charge in [0.2, 0.25) is 11.9 Å². The molecule has 1 aliphatic heterocycles. The Balaban J connectivity index is 2.01. The van der Waals surface area contributed by atoms with Gasteiger partial charge in [-0.1, -0.05) is 11.6 Å². The topological polar surface area (TPSA) is 87.2 Å². The molecule has 1 aromatic carbocycles. The monoisotopic (exact) mass is 387 g/mol. The van der Waals surface area contributed by atoms with Crippen LogP contribution in [0, 0.1) is 0 Å². The van der Waals surface area contributed by atoms with Crippen LogP contribution in [0.2, 0.25) is 5.02 Å². The Kier molecular flexibility index (Phi) is 5.60. The summed E-state index contributed by atoms with van der Waals surface area (Å²) >= 11 is 5.86. The Bertz CT molecular complexity index is 856. The molecule has 0 fully saturated rings. The number of fused-ring (bicyclic) bond motifs is 1. The van der Waals surface area contributed by atoms with Crippen LogP contribution in [0.25, 0.3) is 0 Å². The van der Waals surface area contributed by atoms with E-state index in [1.165, 1.54) is 12.4 Å². The number of anilines is 2. The number of carbonyl (C=O) groups excluding carboxylic acids is 2. The molecule has 27 heavy (non-hydrogen) atoms. The molecule has 0 saturated heterocycles. The minimum atomic E-state index is -0.144. The Morgan fingerprint density at radius 1 is 1.30 bits per heavy atom. The van der Waals surface area contributed by atoms with Crippen LogP contribution >= 0.6 is 11.6 Å². The first-order chi connectivity index (χ1) is 12.9. The van der Waals surface area contributed by atoms with Crippen molar-refractivity contribution in [3.8, 4) is 0 Å². The summed E-state index contributed by atoms with van der Waals surface area (Å²) in [6, 6.07) is 5.26. The molecule has 8 heteroatoms. The predicted octanol–water partition coefficient (Wildman–Crippen LogP) is 3.18. The van der Waals surface area contributed by atoms with Gasteiger partial charge in [0.15, 0.2) is 0 Å². The molecule has 2 unspecified atom stereocenters. The Hall–Kier alpha value is -2.67. The van der Waals surface area contributed by atoms with Crippen LogP contribution in [0.4, 0.5) is 11.6 Å². The van der Waals surface area contributed by atoms with Crippen molar-refractivity contribution in [2.75, 3.05) is 16.8 Å². The fourth-order valence-electron chi connectivity index (χ4n) is 3.43. The third-order valence-electron chi connectivity index (χ3n) is 4.54. The van der Waals surface area contributed by atoms with E-state index in [0.29, 0.717) is 29.5 Å². The molecule has 7 nitrogen and oxygen atoms in total. The molecule has 2 atom stereocenters. The minimum Gasteiger partial charge on any atom is -0.352 e. The normalized spacial score (nSPS) is 18.6. The molecule has 2 N–H and O–H groups in total. The van der Waals surface area contributed by atoms with Crippen molar-refractivity contribution in [3.63, 3.8) is 0 Å². The highest BCUT2D eigenvalue weighted by atomic mass is 35.5. The van der Waals surface area contributed by atoms with E-state index in [4.69, 9.17) is 11.6 Å². The molecule has 1 aromatic heterocycles. The van der Waals surface area contributed by atoms with E-state index in [2.05, 4.69) is 20.6 Å². The number of halogens is 1. The first-order valence-corrected chi connectivity index (χ1v) is 9.24. The Labute approximate surface area is 163 Å². The number of nitrogens with zero attached hydrogens (tertiary/aromatic N) is 3. The maximum Gasteiger partial charge on any atom is 0.251 e. The Morgan fingerprint density at radius 3 is 2.63 bits per heavy atom. The van der Waals surface area contributed by atoms with E-state index < -0.39 is 0 Å². The lowest BCUT2D eigenvalue weighted by Gasteiger charge is -2.39. The van der Waals surface area contributed by atoms with Gasteiger partial charge in [0, 0.05) is 30.8 Å². The minimum absolute atomic E-state index is 0.00452. The zero-order valence-corrected chi connectivity index (χ0v) is 16.2. The van der Waals surface area contributed by atoms with Crippen molar-refractivity contribution >= 4 is 35.1 Å². The van der Waals surface area contributed by atoms with Crippen LogP contribution < -0.4 is 15.5 Å². The highest BCUT2D eigenvalue weighted by molar-refractivity contribution is 6.30. The van der Waals surface area contributed by atoms with Gasteiger partial charge in [0.05, 0.1) is 23.5 Å². The SMILES string of the molecule is CCNC(=O)c1ccc2c(c1)C(Nc1ncc(Cl)cn1)CC(C)N2C(C)=O. The van der Waals surface area contributed by atoms with Crippen molar-refractivity contribution in [1.82, 2.24) is 15.3 Å². The Morgan fingerprint density at radius 2 is 2.00 bits per heavy atom. The fourth-order valence-corrected chi connectivity index (χ4v) is 3.52. The molecular weight excluding hydrogens is 366 g/mol. The van der Waals surface area contributed by atoms with E-state index >= 15 is 0 Å². The average molecular weight is 388 g/mol. The summed E-state index contributed by atoms with van der Waals surface area (Å²) in [6.45, 7) is 5.97. The van der Waals surface area contributed by atoms with Crippen LogP contribution in [-0.4, -0.2) is 34.4 Å². The zero-order chi connectivity index (χ0) is 19.6. The van der Waals surface area contributed by atoms with Gasteiger partial charge in [-0.3, -0.25) is 9.59 Å². The van der Waals surface area contributed by atoms with Gasteiger partial charge in [0.25, 0.3) is 5.91 Å². The van der Waals surface area contributed by atoms with Crippen molar-refractivity contribution < 1.29 is 9.59 Å². The third-order valence-corrected chi connectivity index (χ3v) is 4.74. The fraction of sp³-hybridized carbons (Fsp3) is 0.368. The molecular formula is C19H22ClN5O2. The summed E-state index contributed by atoms with van der Waals surface area (Å²) in [5.41, 5.74) is 2.21. The van der Waals surface area contributed by atoms with Crippen molar-refractivity contribution in [2.45, 2.75) is 39.3 Å². The largest absolute Gasteiger partial charge is 0.352 e. The van der Waals surface area contributed by atoms with Crippen LogP contribution in [-0.2, 0) is 4.79 Å². The number of hydrogen-bond donors (Lipinski definition) is 2. The van der Waals surface area contributed by atoms with E-state index in [0.717, 1.165) is 11.3 Å². The summed E-state index contributed by atoms with van der Waals surface area (Å²) in [6.07, 6.45) is 3.71. The number of carbonyl (C=O) groups is 2. The summed E-state index contributed by atoms with van der Waals surface area (Å²) in [4.78, 5) is 34.6. The summed E-state index contributed by atoms with van der Waals surface area (Å²) < 4.78 is 0. The van der Waals surface area contributed by atoms with Crippen molar-refractivity contribution in [2.24, 2.45) is 0 Å². The molecule has 0 bridgehead atoms. The molecule has 142 valence electrons. The lowest BCUT2D eigenvalue weighted by molar-refractivity contribution is -0.117. The van der Waals surface area contributed by atoms with Crippen LogP contribution in [0.3, 0.4) is 0 Å². The zero-order valence-electron chi connectivity index (χ0n) is 15.5. The third kappa shape index (κ3) is 4.03. The second-order valence-electron chi connectivity index (χ2n) is 6.53. The molecule has 2 aromatic rings. The first kappa shape index (κ1) is 19.1. The van der Waals surface area contributed by atoms with E-state index in [1.54, 1.807) is 17.9 Å². The van der Waals surface area contributed by atoms with Crippen molar-refractivity contribution in [3.05, 3.63) is 46.7 Å². The van der Waals surface area contributed by atoms with Crippen LogP contribution in [0.1, 0.15) is 49.2 Å². The van der Waals surface area contributed by atoms with Gasteiger partial charge in [-0.15, -0.1) is 0 Å². The maximum absolute atomic E-state index is 12.3. The summed E-state index contributed by atoms with van der Waals surface area (Å²) in [5.74, 6) is 0.271. The number of rotatable bonds is 4. The van der Waals surface area contributed by atoms with Gasteiger partial charge in [-0.05, 0) is 44.0 Å². The summed E-state index contributed by atoms with van der Waals surface area (Å²) in [7, 11) is 0. The summed E-state index contributed by atoms with van der Waals surface area (Å²) in [5, 5.41) is 6.56. The second kappa shape index (κ2) is 7.92. The molecule has 0 saturated carbocycles. The van der Waals surface area contributed by atoms with Crippen LogP contribution in [0.15, 0.2) is 30.6 Å². The lowest BCUT2D eigenvalue weighted by Crippen LogP contribution is -2.43. The smallest absolute Gasteiger partial charge is 0.251 e. The van der Waals surface area contributed by atoms with Gasteiger partial charge >= 0.3 is 0 Å². The maximum atomic E-state index is 12.3. The van der Waals surface area contributed by atoms with Gasteiger partial charge in [-0.2, -0.15) is 0 Å². The number of aromatic nitrogens is 2. The van der Waals surface area contributed by atoms with Crippen LogP contribution in [0.5, 0.6) is 0 Å². The molecule has 2 amide bonds. The van der Waals surface area contributed by atoms with Gasteiger partial charge < -0.3 is 15.5 Å². The molecule has 0 aliphatic carbocycles. The quantitative estimate of drug-likeness (QED) is 0.841. The van der Waals surface area contributed by atoms with E-state index in [-0.39, 0.29) is 23.9 Å². The number of benzene rings is 1. The average Bonchev–Trinajstić information content (AvgIpc) is 2.63. The second-order valence-corrected chi connectivity index (χ2v) is 6.97. The first-order valence-electron chi connectivity index (χ1n) is 8.86. The van der Waals surface area contributed by atoms with E-state index in [9.17, 15) is 9.59 Å². The molecule has 0 spiro atoms. The number of amides is 2. The number of hydrogen-bond acceptors (Lipinski definition) is 5. The van der Waals surface area contributed by atoms with E-state index in [1.807, 2.05) is 26.0 Å². The highest BCUT2D eigenvalue weighted by Gasteiger charge is 2.33. The van der Waals surface area contributed by atoms with Crippen molar-refractivity contribution in [1.29, 1.82) is 0 Å². The lowest BCUT2D eigenvalue weighted by atomic mass is 9.90. The molecule has 2 heterocycles. The van der Waals surface area contributed by atoms with Gasteiger partial charge in [-0.25, -0.2) is 9.97 Å². The standard InChI is InChI=1S/C19H22ClN5O2/c1-4-21-18(27)13-5-6-17-15(8-13)16(7-11(2)25(17)12(3)26)24-19-22-9-14(20)10-23-19/h5-6,8-11,16H,4,7H2,1-3H3,(H,21,27)(H,22,23,24). The predicted molar refractivity (Wildman–Crippen MR) is 105 cm³/mol.